The zero-order valence-electron chi connectivity index (χ0n) is 13.3. The molecule has 3 nitrogen and oxygen atoms in total. The fourth-order valence-corrected chi connectivity index (χ4v) is 1.78. The summed E-state index contributed by atoms with van der Waals surface area (Å²) in [5, 5.41) is 0. The smallest absolute Gasteiger partial charge is 0.331 e. The highest BCUT2D eigenvalue weighted by Gasteiger charge is 2.01. The summed E-state index contributed by atoms with van der Waals surface area (Å²) in [5.74, 6) is 0.501. The van der Waals surface area contributed by atoms with Crippen molar-refractivity contribution in [2.75, 3.05) is 7.11 Å². The van der Waals surface area contributed by atoms with Crippen LogP contribution < -0.4 is 4.74 Å². The van der Waals surface area contributed by atoms with E-state index in [9.17, 15) is 4.79 Å². The zero-order valence-corrected chi connectivity index (χ0v) is 13.3. The molecule has 0 aliphatic heterocycles. The van der Waals surface area contributed by atoms with E-state index >= 15 is 0 Å². The molecule has 0 saturated carbocycles. The van der Waals surface area contributed by atoms with Crippen LogP contribution in [0.1, 0.15) is 39.2 Å². The number of carbonyl (C=O) groups is 1. The Kier molecular flexibility index (Phi) is 7.30. The molecule has 0 saturated heterocycles. The maximum absolute atomic E-state index is 11.7. The van der Waals surface area contributed by atoms with Gasteiger partial charge in [-0.2, -0.15) is 0 Å². The molecular weight excluding hydrogens is 264 g/mol. The second-order valence-corrected chi connectivity index (χ2v) is 5.27. The van der Waals surface area contributed by atoms with Crippen molar-refractivity contribution in [1.29, 1.82) is 0 Å². The number of benzene rings is 1. The van der Waals surface area contributed by atoms with Crippen molar-refractivity contribution in [2.45, 2.75) is 40.2 Å². The predicted octanol–water partition coefficient (Wildman–Crippen LogP) is 4.43. The highest BCUT2D eigenvalue weighted by molar-refractivity contribution is 5.82. The Morgan fingerprint density at radius 3 is 2.38 bits per heavy atom. The number of methoxy groups -OCH3 is 1. The van der Waals surface area contributed by atoms with Crippen LogP contribution in [0.3, 0.4) is 0 Å². The summed E-state index contributed by atoms with van der Waals surface area (Å²) < 4.78 is 10.3. The summed E-state index contributed by atoms with van der Waals surface area (Å²) in [6, 6.07) is 7.47. The molecular formula is C18H24O3. The molecule has 0 aliphatic rings. The molecule has 0 fully saturated rings. The van der Waals surface area contributed by atoms with Gasteiger partial charge in [-0.3, -0.25) is 0 Å². The van der Waals surface area contributed by atoms with Gasteiger partial charge >= 0.3 is 5.97 Å². The number of allylic oxidation sites excluding steroid dienone is 3. The number of ether oxygens (including phenoxy) is 2. The minimum absolute atomic E-state index is 0.278. The normalized spacial score (nSPS) is 11.0. The third kappa shape index (κ3) is 7.35. The Morgan fingerprint density at radius 1 is 1.14 bits per heavy atom. The largest absolute Gasteiger partial charge is 0.497 e. The first-order valence-electron chi connectivity index (χ1n) is 7.11. The van der Waals surface area contributed by atoms with Crippen LogP contribution in [0.2, 0.25) is 0 Å². The van der Waals surface area contributed by atoms with Gasteiger partial charge in [0.05, 0.1) is 7.11 Å². The second kappa shape index (κ2) is 9.01. The minimum Gasteiger partial charge on any atom is -0.497 e. The maximum atomic E-state index is 11.7. The summed E-state index contributed by atoms with van der Waals surface area (Å²) in [5.41, 5.74) is 3.27. The first kappa shape index (κ1) is 17.0. The van der Waals surface area contributed by atoms with Gasteiger partial charge in [0, 0.05) is 6.08 Å². The van der Waals surface area contributed by atoms with Crippen molar-refractivity contribution in [1.82, 2.24) is 0 Å². The summed E-state index contributed by atoms with van der Waals surface area (Å²) in [7, 11) is 1.62. The Balaban J connectivity index is 2.40. The topological polar surface area (TPSA) is 35.5 Å². The molecule has 0 atom stereocenters. The quantitative estimate of drug-likeness (QED) is 0.423. The van der Waals surface area contributed by atoms with E-state index in [1.807, 2.05) is 31.2 Å². The van der Waals surface area contributed by atoms with Crippen molar-refractivity contribution < 1.29 is 14.3 Å². The minimum atomic E-state index is -0.291. The van der Waals surface area contributed by atoms with E-state index in [-0.39, 0.29) is 12.6 Å². The first-order chi connectivity index (χ1) is 10.0. The average molecular weight is 288 g/mol. The van der Waals surface area contributed by atoms with Gasteiger partial charge in [0.15, 0.2) is 0 Å². The van der Waals surface area contributed by atoms with Crippen LogP contribution in [-0.4, -0.2) is 13.1 Å². The predicted molar refractivity (Wildman–Crippen MR) is 85.2 cm³/mol. The van der Waals surface area contributed by atoms with Crippen LogP contribution in [0, 0.1) is 0 Å². The SMILES string of the molecule is COc1ccc(COC(=O)/C=C(\C)CCC=C(C)C)cc1. The van der Waals surface area contributed by atoms with Gasteiger partial charge in [0.1, 0.15) is 12.4 Å². The summed E-state index contributed by atoms with van der Waals surface area (Å²) in [6.45, 7) is 6.37. The molecule has 114 valence electrons. The second-order valence-electron chi connectivity index (χ2n) is 5.27. The van der Waals surface area contributed by atoms with Crippen molar-refractivity contribution >= 4 is 5.97 Å². The Bertz CT molecular complexity index is 506. The number of carbonyl (C=O) groups excluding carboxylic acids is 1. The van der Waals surface area contributed by atoms with E-state index < -0.39 is 0 Å². The van der Waals surface area contributed by atoms with Crippen LogP contribution >= 0.6 is 0 Å². The fourth-order valence-electron chi connectivity index (χ4n) is 1.78. The van der Waals surface area contributed by atoms with Crippen molar-refractivity contribution in [3.8, 4) is 5.75 Å². The van der Waals surface area contributed by atoms with Gasteiger partial charge in [-0.25, -0.2) is 4.79 Å². The molecule has 0 aliphatic carbocycles. The van der Waals surface area contributed by atoms with E-state index in [1.54, 1.807) is 13.2 Å². The Morgan fingerprint density at radius 2 is 1.81 bits per heavy atom. The molecule has 21 heavy (non-hydrogen) atoms. The molecule has 1 rings (SSSR count). The fraction of sp³-hybridized carbons (Fsp3) is 0.389. The summed E-state index contributed by atoms with van der Waals surface area (Å²) in [6.07, 6.45) is 5.57. The molecule has 0 bridgehead atoms. The lowest BCUT2D eigenvalue weighted by atomic mass is 10.1. The van der Waals surface area contributed by atoms with Crippen LogP contribution in [-0.2, 0) is 16.1 Å². The molecule has 0 spiro atoms. The van der Waals surface area contributed by atoms with Gasteiger partial charge in [-0.05, 0) is 51.3 Å². The molecule has 0 amide bonds. The van der Waals surface area contributed by atoms with E-state index in [0.717, 1.165) is 29.7 Å². The van der Waals surface area contributed by atoms with Crippen molar-refractivity contribution in [3.05, 3.63) is 53.1 Å². The van der Waals surface area contributed by atoms with Gasteiger partial charge in [-0.15, -0.1) is 0 Å². The molecule has 1 aromatic rings. The summed E-state index contributed by atoms with van der Waals surface area (Å²) >= 11 is 0. The lowest BCUT2D eigenvalue weighted by Crippen LogP contribution is -2.02. The molecule has 0 N–H and O–H groups in total. The average Bonchev–Trinajstić information content (AvgIpc) is 2.45. The standard InChI is InChI=1S/C18H24O3/c1-14(2)6-5-7-15(3)12-18(19)21-13-16-8-10-17(20-4)11-9-16/h6,8-12H,5,7,13H2,1-4H3/b15-12+. The number of hydrogen-bond donors (Lipinski definition) is 0. The number of hydrogen-bond acceptors (Lipinski definition) is 3. The van der Waals surface area contributed by atoms with E-state index in [0.29, 0.717) is 0 Å². The Labute approximate surface area is 127 Å². The first-order valence-corrected chi connectivity index (χ1v) is 7.11. The van der Waals surface area contributed by atoms with E-state index in [1.165, 1.54) is 5.57 Å². The molecule has 1 aromatic carbocycles. The lowest BCUT2D eigenvalue weighted by molar-refractivity contribution is -0.139. The molecule has 3 heteroatoms. The number of rotatable bonds is 7. The molecule has 0 radical (unpaired) electrons. The zero-order chi connectivity index (χ0) is 15.7. The van der Waals surface area contributed by atoms with Crippen LogP contribution in [0.4, 0.5) is 0 Å². The van der Waals surface area contributed by atoms with Crippen molar-refractivity contribution in [3.63, 3.8) is 0 Å². The van der Waals surface area contributed by atoms with Gasteiger partial charge in [0.25, 0.3) is 0 Å². The molecule has 0 unspecified atom stereocenters. The van der Waals surface area contributed by atoms with Gasteiger partial charge < -0.3 is 9.47 Å². The maximum Gasteiger partial charge on any atom is 0.331 e. The third-order valence-electron chi connectivity index (χ3n) is 3.00. The third-order valence-corrected chi connectivity index (χ3v) is 3.00. The van der Waals surface area contributed by atoms with Gasteiger partial charge in [-0.1, -0.05) is 29.4 Å². The van der Waals surface area contributed by atoms with Gasteiger partial charge in [0.2, 0.25) is 0 Å². The highest BCUT2D eigenvalue weighted by atomic mass is 16.5. The lowest BCUT2D eigenvalue weighted by Gasteiger charge is -2.05. The van der Waals surface area contributed by atoms with Crippen molar-refractivity contribution in [2.24, 2.45) is 0 Å². The Hall–Kier alpha value is -2.03. The molecule has 0 aromatic heterocycles. The summed E-state index contributed by atoms with van der Waals surface area (Å²) in [4.78, 5) is 11.7. The molecule has 0 heterocycles. The highest BCUT2D eigenvalue weighted by Crippen LogP contribution is 2.12. The van der Waals surface area contributed by atoms with Crippen LogP contribution in [0.15, 0.2) is 47.6 Å². The monoisotopic (exact) mass is 288 g/mol. The van der Waals surface area contributed by atoms with E-state index in [4.69, 9.17) is 9.47 Å². The van der Waals surface area contributed by atoms with Crippen LogP contribution in [0.5, 0.6) is 5.75 Å². The number of esters is 1. The van der Waals surface area contributed by atoms with Crippen LogP contribution in [0.25, 0.3) is 0 Å². The van der Waals surface area contributed by atoms with E-state index in [2.05, 4.69) is 19.9 Å².